The highest BCUT2D eigenvalue weighted by Crippen LogP contribution is 2.53. The Kier molecular flexibility index (Phi) is 3.73. The van der Waals surface area contributed by atoms with E-state index in [4.69, 9.17) is 9.26 Å². The second kappa shape index (κ2) is 5.50. The number of rotatable bonds is 1. The Morgan fingerprint density at radius 1 is 1.32 bits per heavy atom. The number of fused-ring (bicyclic) bond motifs is 2. The molecule has 5 atom stereocenters. The van der Waals surface area contributed by atoms with Gasteiger partial charge in [0.25, 0.3) is 0 Å². The summed E-state index contributed by atoms with van der Waals surface area (Å²) in [5.41, 5.74) is 0.177. The van der Waals surface area contributed by atoms with Crippen molar-refractivity contribution in [2.75, 3.05) is 6.61 Å². The number of halogens is 3. The molecule has 12 heteroatoms. The van der Waals surface area contributed by atoms with E-state index >= 15 is 0 Å². The van der Waals surface area contributed by atoms with Crippen molar-refractivity contribution in [3.8, 4) is 0 Å². The summed E-state index contributed by atoms with van der Waals surface area (Å²) in [6.07, 6.45) is -10.2. The predicted molar refractivity (Wildman–Crippen MR) is 75.3 cm³/mol. The molecule has 1 aromatic carbocycles. The second-order valence-electron chi connectivity index (χ2n) is 5.68. The van der Waals surface area contributed by atoms with E-state index in [9.17, 15) is 27.7 Å². The maximum absolute atomic E-state index is 13.4. The van der Waals surface area contributed by atoms with Gasteiger partial charge in [0.15, 0.2) is 6.23 Å². The van der Waals surface area contributed by atoms with Gasteiger partial charge in [-0.15, -0.1) is 0 Å². The quantitative estimate of drug-likeness (QED) is 0.728. The van der Waals surface area contributed by atoms with Crippen molar-refractivity contribution in [1.82, 2.24) is 9.55 Å². The van der Waals surface area contributed by atoms with E-state index in [0.29, 0.717) is 0 Å². The minimum Gasteiger partial charge on any atom is -0.386 e. The molecule has 2 N–H and O–H groups in total. The number of nitrogens with zero attached hydrogens (tertiary/aromatic N) is 2. The van der Waals surface area contributed by atoms with Gasteiger partial charge in [-0.25, -0.2) is 9.55 Å². The van der Waals surface area contributed by atoms with E-state index in [1.807, 2.05) is 0 Å². The topological polar surface area (TPSA) is 103 Å². The van der Waals surface area contributed by atoms with Crippen LogP contribution in [0.4, 0.5) is 13.2 Å². The molecule has 136 valence electrons. The third-order valence-electron chi connectivity index (χ3n) is 4.07. The molecule has 2 fully saturated rings. The molecule has 25 heavy (non-hydrogen) atoms. The SMILES string of the molecule is O=P1(O)OC[C@H]2O[C@@H](n3c(C(F)(F)F)nc4ccccc43)[C@H](O)[C@@H]2O1. The van der Waals surface area contributed by atoms with Crippen LogP contribution < -0.4 is 0 Å². The molecule has 4 rings (SSSR count). The number of aliphatic hydroxyl groups excluding tert-OH is 1. The van der Waals surface area contributed by atoms with Crippen molar-refractivity contribution in [3.63, 3.8) is 0 Å². The average Bonchev–Trinajstić information content (AvgIpc) is 3.05. The Hall–Kier alpha value is -1.49. The minimum absolute atomic E-state index is 0.0745. The van der Waals surface area contributed by atoms with E-state index < -0.39 is 44.4 Å². The standard InChI is InChI=1S/C13H12F3N2O6P/c14-13(15,16)12-17-6-3-1-2-4-7(6)18(12)11-9(19)10-8(23-11)5-22-25(20,21)24-10/h1-4,8-11,19H,5H2,(H,20,21)/t8-,9-,10-,11-/m1/s1. The number of hydrogen-bond acceptors (Lipinski definition) is 6. The van der Waals surface area contributed by atoms with E-state index in [-0.39, 0.29) is 17.6 Å². The van der Waals surface area contributed by atoms with Gasteiger partial charge in [0.2, 0.25) is 5.82 Å². The molecule has 2 aliphatic heterocycles. The van der Waals surface area contributed by atoms with Crippen LogP contribution in [0.2, 0.25) is 0 Å². The lowest BCUT2D eigenvalue weighted by Crippen LogP contribution is -2.39. The molecule has 2 saturated heterocycles. The molecule has 0 bridgehead atoms. The van der Waals surface area contributed by atoms with Crippen LogP contribution in [0.3, 0.4) is 0 Å². The molecule has 1 aromatic heterocycles. The fourth-order valence-corrected chi connectivity index (χ4v) is 4.02. The van der Waals surface area contributed by atoms with Crippen molar-refractivity contribution in [1.29, 1.82) is 0 Å². The lowest BCUT2D eigenvalue weighted by molar-refractivity contribution is -0.154. The molecule has 1 unspecified atom stereocenters. The Labute approximate surface area is 138 Å². The highest BCUT2D eigenvalue weighted by molar-refractivity contribution is 7.47. The summed E-state index contributed by atoms with van der Waals surface area (Å²) in [6.45, 7) is -0.389. The van der Waals surface area contributed by atoms with Crippen LogP contribution in [-0.2, 0) is 24.5 Å². The number of ether oxygens (including phenoxy) is 1. The molecule has 2 aliphatic rings. The summed E-state index contributed by atoms with van der Waals surface area (Å²) < 4.78 is 67.2. The summed E-state index contributed by atoms with van der Waals surface area (Å²) in [7, 11) is -4.38. The van der Waals surface area contributed by atoms with E-state index in [0.717, 1.165) is 4.57 Å². The normalized spacial score (nSPS) is 35.9. The van der Waals surface area contributed by atoms with Crippen LogP contribution in [0.1, 0.15) is 12.1 Å². The Bertz CT molecular complexity index is 871. The van der Waals surface area contributed by atoms with Gasteiger partial charge in [-0.3, -0.25) is 13.6 Å². The van der Waals surface area contributed by atoms with Crippen molar-refractivity contribution < 1.29 is 41.5 Å². The molecule has 0 saturated carbocycles. The van der Waals surface area contributed by atoms with Gasteiger partial charge >= 0.3 is 14.0 Å². The first-order valence-corrected chi connectivity index (χ1v) is 8.70. The van der Waals surface area contributed by atoms with E-state index in [1.165, 1.54) is 24.3 Å². The van der Waals surface area contributed by atoms with Crippen molar-refractivity contribution in [3.05, 3.63) is 30.1 Å². The molecule has 2 aromatic rings. The van der Waals surface area contributed by atoms with Gasteiger partial charge in [0.05, 0.1) is 17.6 Å². The molecular weight excluding hydrogens is 368 g/mol. The Morgan fingerprint density at radius 2 is 2.04 bits per heavy atom. The fourth-order valence-electron chi connectivity index (χ4n) is 3.05. The van der Waals surface area contributed by atoms with Crippen molar-refractivity contribution in [2.45, 2.75) is 30.7 Å². The number of para-hydroxylation sites is 2. The number of phosphoric acid groups is 1. The maximum atomic E-state index is 13.4. The largest absolute Gasteiger partial charge is 0.472 e. The number of imidazole rings is 1. The summed E-state index contributed by atoms with van der Waals surface area (Å²) in [6, 6.07) is 5.86. The van der Waals surface area contributed by atoms with Gasteiger partial charge in [0, 0.05) is 0 Å². The highest BCUT2D eigenvalue weighted by Gasteiger charge is 2.54. The molecule has 0 radical (unpaired) electrons. The number of benzene rings is 1. The third kappa shape index (κ3) is 2.77. The first kappa shape index (κ1) is 17.0. The van der Waals surface area contributed by atoms with Crippen LogP contribution in [0.15, 0.2) is 24.3 Å². The van der Waals surface area contributed by atoms with E-state index in [1.54, 1.807) is 0 Å². The van der Waals surface area contributed by atoms with Gasteiger partial charge in [-0.2, -0.15) is 13.2 Å². The first-order valence-electron chi connectivity index (χ1n) is 7.21. The maximum Gasteiger partial charge on any atom is 0.472 e. The Balaban J connectivity index is 1.81. The van der Waals surface area contributed by atoms with Gasteiger partial charge in [-0.1, -0.05) is 12.1 Å². The van der Waals surface area contributed by atoms with Gasteiger partial charge in [0.1, 0.15) is 18.3 Å². The van der Waals surface area contributed by atoms with Crippen LogP contribution >= 0.6 is 7.82 Å². The molecule has 0 amide bonds. The number of phosphoric ester groups is 1. The molecule has 3 heterocycles. The summed E-state index contributed by atoms with van der Waals surface area (Å²) in [5, 5.41) is 10.4. The zero-order valence-electron chi connectivity index (χ0n) is 12.3. The average molecular weight is 380 g/mol. The zero-order chi connectivity index (χ0) is 18.0. The van der Waals surface area contributed by atoms with Gasteiger partial charge in [-0.05, 0) is 12.1 Å². The third-order valence-corrected chi connectivity index (χ3v) is 5.06. The highest BCUT2D eigenvalue weighted by atomic mass is 31.2. The van der Waals surface area contributed by atoms with Gasteiger partial charge < -0.3 is 14.7 Å². The smallest absolute Gasteiger partial charge is 0.386 e. The number of hydrogen-bond donors (Lipinski definition) is 2. The summed E-state index contributed by atoms with van der Waals surface area (Å²) >= 11 is 0. The molecule has 0 spiro atoms. The zero-order valence-corrected chi connectivity index (χ0v) is 13.2. The monoisotopic (exact) mass is 380 g/mol. The van der Waals surface area contributed by atoms with E-state index in [2.05, 4.69) is 9.51 Å². The van der Waals surface area contributed by atoms with Crippen LogP contribution in [-0.4, -0.2) is 44.5 Å². The predicted octanol–water partition coefficient (Wildman–Crippen LogP) is 1.83. The van der Waals surface area contributed by atoms with Crippen LogP contribution in [0.25, 0.3) is 11.0 Å². The Morgan fingerprint density at radius 3 is 2.76 bits per heavy atom. The van der Waals surface area contributed by atoms with Crippen molar-refractivity contribution >= 4 is 18.9 Å². The van der Waals surface area contributed by atoms with Crippen LogP contribution in [0, 0.1) is 0 Å². The number of aliphatic hydroxyl groups is 1. The summed E-state index contributed by atoms with van der Waals surface area (Å²) in [5.74, 6) is -1.25. The second-order valence-corrected chi connectivity index (χ2v) is 7.09. The molecular formula is C13H12F3N2O6P. The summed E-state index contributed by atoms with van der Waals surface area (Å²) in [4.78, 5) is 12.9. The number of alkyl halides is 3. The lowest BCUT2D eigenvalue weighted by atomic mass is 10.1. The molecule has 8 nitrogen and oxygen atoms in total. The van der Waals surface area contributed by atoms with Crippen LogP contribution in [0.5, 0.6) is 0 Å². The molecule has 0 aliphatic carbocycles. The lowest BCUT2D eigenvalue weighted by Gasteiger charge is -2.27. The fraction of sp³-hybridized carbons (Fsp3) is 0.462. The minimum atomic E-state index is -4.79. The first-order chi connectivity index (χ1) is 11.7. The number of aromatic nitrogens is 2. The van der Waals surface area contributed by atoms with Crippen molar-refractivity contribution in [2.24, 2.45) is 0 Å².